The minimum absolute atomic E-state index is 0.192. The maximum absolute atomic E-state index is 6.38. The third kappa shape index (κ3) is 3.12. The van der Waals surface area contributed by atoms with Crippen molar-refractivity contribution in [2.45, 2.75) is 26.8 Å². The summed E-state index contributed by atoms with van der Waals surface area (Å²) in [4.78, 5) is 4.38. The Morgan fingerprint density at radius 2 is 1.79 bits per heavy atom. The Bertz CT molecular complexity index is 546. The Balaban J connectivity index is 2.40. The van der Waals surface area contributed by atoms with E-state index in [0.29, 0.717) is 6.61 Å². The van der Waals surface area contributed by atoms with E-state index in [1.807, 2.05) is 57.2 Å². The van der Waals surface area contributed by atoms with Crippen LogP contribution < -0.4 is 10.5 Å². The van der Waals surface area contributed by atoms with Crippen molar-refractivity contribution in [1.29, 1.82) is 0 Å². The van der Waals surface area contributed by atoms with Gasteiger partial charge >= 0.3 is 0 Å². The van der Waals surface area contributed by atoms with E-state index in [0.717, 1.165) is 28.3 Å². The minimum Gasteiger partial charge on any atom is -0.494 e. The van der Waals surface area contributed by atoms with E-state index in [1.165, 1.54) is 0 Å². The van der Waals surface area contributed by atoms with E-state index >= 15 is 0 Å². The van der Waals surface area contributed by atoms with Gasteiger partial charge in [0.2, 0.25) is 0 Å². The van der Waals surface area contributed by atoms with Gasteiger partial charge in [0, 0.05) is 17.0 Å². The summed E-state index contributed by atoms with van der Waals surface area (Å²) in [6.45, 7) is 6.58. The third-order valence-corrected chi connectivity index (χ3v) is 3.02. The zero-order valence-electron chi connectivity index (χ0n) is 11.7. The van der Waals surface area contributed by atoms with Crippen molar-refractivity contribution in [2.24, 2.45) is 5.73 Å². The van der Waals surface area contributed by atoms with E-state index in [4.69, 9.17) is 10.5 Å². The van der Waals surface area contributed by atoms with Crippen LogP contribution in [0.4, 0.5) is 0 Å². The zero-order valence-corrected chi connectivity index (χ0v) is 11.7. The fourth-order valence-electron chi connectivity index (χ4n) is 2.25. The summed E-state index contributed by atoms with van der Waals surface area (Å²) in [6.07, 6.45) is 0. The Hall–Kier alpha value is -1.87. The van der Waals surface area contributed by atoms with Gasteiger partial charge in [0.15, 0.2) is 0 Å². The highest BCUT2D eigenvalue weighted by atomic mass is 16.5. The molecule has 0 saturated carbocycles. The SMILES string of the molecule is CCOc1ccccc1C(N)c1cc(C)nc(C)c1. The highest BCUT2D eigenvalue weighted by molar-refractivity contribution is 5.41. The standard InChI is InChI=1S/C16H20N2O/c1-4-19-15-8-6-5-7-14(15)16(17)13-9-11(2)18-12(3)10-13/h5-10,16H,4,17H2,1-3H3. The highest BCUT2D eigenvalue weighted by Gasteiger charge is 2.14. The molecule has 2 aromatic rings. The van der Waals surface area contributed by atoms with Gasteiger partial charge in [-0.2, -0.15) is 0 Å². The molecule has 0 amide bonds. The number of aryl methyl sites for hydroxylation is 2. The topological polar surface area (TPSA) is 48.1 Å². The number of nitrogens with two attached hydrogens (primary N) is 1. The lowest BCUT2D eigenvalue weighted by Crippen LogP contribution is -2.14. The molecular formula is C16H20N2O. The molecule has 0 spiro atoms. The monoisotopic (exact) mass is 256 g/mol. The van der Waals surface area contributed by atoms with Gasteiger partial charge in [-0.15, -0.1) is 0 Å². The summed E-state index contributed by atoms with van der Waals surface area (Å²) in [5.74, 6) is 0.851. The maximum Gasteiger partial charge on any atom is 0.124 e. The third-order valence-electron chi connectivity index (χ3n) is 3.02. The molecule has 1 heterocycles. The molecular weight excluding hydrogens is 236 g/mol. The van der Waals surface area contributed by atoms with Crippen LogP contribution >= 0.6 is 0 Å². The Morgan fingerprint density at radius 1 is 1.16 bits per heavy atom. The van der Waals surface area contributed by atoms with Crippen molar-refractivity contribution in [2.75, 3.05) is 6.61 Å². The van der Waals surface area contributed by atoms with Crippen LogP contribution in [0.1, 0.15) is 35.5 Å². The van der Waals surface area contributed by atoms with Crippen LogP contribution in [0.2, 0.25) is 0 Å². The fourth-order valence-corrected chi connectivity index (χ4v) is 2.25. The van der Waals surface area contributed by atoms with E-state index in [9.17, 15) is 0 Å². The fraction of sp³-hybridized carbons (Fsp3) is 0.312. The van der Waals surface area contributed by atoms with Gasteiger partial charge in [-0.05, 0) is 44.5 Å². The highest BCUT2D eigenvalue weighted by Crippen LogP contribution is 2.28. The minimum atomic E-state index is -0.192. The molecule has 2 rings (SSSR count). The molecule has 1 atom stereocenters. The van der Waals surface area contributed by atoms with Crippen LogP contribution in [0.3, 0.4) is 0 Å². The smallest absolute Gasteiger partial charge is 0.124 e. The van der Waals surface area contributed by atoms with Gasteiger partial charge in [-0.3, -0.25) is 4.98 Å². The molecule has 0 saturated heterocycles. The van der Waals surface area contributed by atoms with Gasteiger partial charge in [0.05, 0.1) is 12.6 Å². The number of aromatic nitrogens is 1. The lowest BCUT2D eigenvalue weighted by atomic mass is 9.98. The molecule has 0 aliphatic rings. The first-order valence-electron chi connectivity index (χ1n) is 6.54. The molecule has 1 unspecified atom stereocenters. The van der Waals surface area contributed by atoms with Crippen LogP contribution in [0.5, 0.6) is 5.75 Å². The maximum atomic E-state index is 6.38. The van der Waals surface area contributed by atoms with Crippen molar-refractivity contribution < 1.29 is 4.74 Å². The quantitative estimate of drug-likeness (QED) is 0.914. The lowest BCUT2D eigenvalue weighted by molar-refractivity contribution is 0.335. The van der Waals surface area contributed by atoms with Crippen molar-refractivity contribution in [3.8, 4) is 5.75 Å². The molecule has 3 heteroatoms. The van der Waals surface area contributed by atoms with Crippen LogP contribution in [0.15, 0.2) is 36.4 Å². The van der Waals surface area contributed by atoms with Crippen molar-refractivity contribution >= 4 is 0 Å². The lowest BCUT2D eigenvalue weighted by Gasteiger charge is -2.17. The second-order valence-corrected chi connectivity index (χ2v) is 4.63. The molecule has 2 N–H and O–H groups in total. The van der Waals surface area contributed by atoms with Crippen LogP contribution in [-0.2, 0) is 0 Å². The summed E-state index contributed by atoms with van der Waals surface area (Å²) in [6, 6.07) is 11.8. The van der Waals surface area contributed by atoms with E-state index < -0.39 is 0 Å². The molecule has 0 fully saturated rings. The number of hydrogen-bond donors (Lipinski definition) is 1. The molecule has 0 aliphatic heterocycles. The first-order chi connectivity index (χ1) is 9.11. The average molecular weight is 256 g/mol. The van der Waals surface area contributed by atoms with Crippen molar-refractivity contribution in [1.82, 2.24) is 4.98 Å². The number of benzene rings is 1. The predicted octanol–water partition coefficient (Wildman–Crippen LogP) is 3.15. The van der Waals surface area contributed by atoms with Gasteiger partial charge in [-0.1, -0.05) is 18.2 Å². The first kappa shape index (κ1) is 13.6. The molecule has 0 aliphatic carbocycles. The van der Waals surface area contributed by atoms with Gasteiger partial charge in [0.25, 0.3) is 0 Å². The number of rotatable bonds is 4. The van der Waals surface area contributed by atoms with E-state index in [2.05, 4.69) is 4.98 Å². The number of pyridine rings is 1. The van der Waals surface area contributed by atoms with Crippen LogP contribution in [0, 0.1) is 13.8 Å². The van der Waals surface area contributed by atoms with Gasteiger partial charge in [-0.25, -0.2) is 0 Å². The number of hydrogen-bond acceptors (Lipinski definition) is 3. The second-order valence-electron chi connectivity index (χ2n) is 4.63. The Labute approximate surface area is 114 Å². The largest absolute Gasteiger partial charge is 0.494 e. The normalized spacial score (nSPS) is 12.2. The molecule has 3 nitrogen and oxygen atoms in total. The summed E-state index contributed by atoms with van der Waals surface area (Å²) >= 11 is 0. The molecule has 0 bridgehead atoms. The van der Waals surface area contributed by atoms with Crippen LogP contribution in [0.25, 0.3) is 0 Å². The van der Waals surface area contributed by atoms with E-state index in [-0.39, 0.29) is 6.04 Å². The molecule has 0 radical (unpaired) electrons. The van der Waals surface area contributed by atoms with Crippen LogP contribution in [-0.4, -0.2) is 11.6 Å². The molecule has 100 valence electrons. The van der Waals surface area contributed by atoms with E-state index in [1.54, 1.807) is 0 Å². The van der Waals surface area contributed by atoms with Crippen molar-refractivity contribution in [3.05, 3.63) is 58.9 Å². The second kappa shape index (κ2) is 5.85. The average Bonchev–Trinajstić information content (AvgIpc) is 2.38. The number of ether oxygens (including phenoxy) is 1. The molecule has 1 aromatic carbocycles. The molecule has 19 heavy (non-hydrogen) atoms. The predicted molar refractivity (Wildman–Crippen MR) is 77.4 cm³/mol. The first-order valence-corrected chi connectivity index (χ1v) is 6.54. The summed E-state index contributed by atoms with van der Waals surface area (Å²) in [5.41, 5.74) is 10.4. The van der Waals surface area contributed by atoms with Gasteiger partial charge < -0.3 is 10.5 Å². The van der Waals surface area contributed by atoms with Crippen molar-refractivity contribution in [3.63, 3.8) is 0 Å². The summed E-state index contributed by atoms with van der Waals surface area (Å²) < 4.78 is 5.64. The summed E-state index contributed by atoms with van der Waals surface area (Å²) in [7, 11) is 0. The molecule has 1 aromatic heterocycles. The zero-order chi connectivity index (χ0) is 13.8. The number of nitrogens with zero attached hydrogens (tertiary/aromatic N) is 1. The Morgan fingerprint density at radius 3 is 2.42 bits per heavy atom. The summed E-state index contributed by atoms with van der Waals surface area (Å²) in [5, 5.41) is 0. The number of para-hydroxylation sites is 1. The van der Waals surface area contributed by atoms with Gasteiger partial charge in [0.1, 0.15) is 5.75 Å². The Kier molecular flexibility index (Phi) is 4.17.